The van der Waals surface area contributed by atoms with Crippen LogP contribution in [0.25, 0.3) is 0 Å². The van der Waals surface area contributed by atoms with Gasteiger partial charge in [-0.2, -0.15) is 0 Å². The van der Waals surface area contributed by atoms with Crippen LogP contribution in [0.3, 0.4) is 0 Å². The number of carbonyl (C=O) groups is 1. The summed E-state index contributed by atoms with van der Waals surface area (Å²) in [5, 5.41) is 9.55. The summed E-state index contributed by atoms with van der Waals surface area (Å²) in [7, 11) is 0. The normalized spacial score (nSPS) is 43.5. The molecule has 3 rings (SSSR count). The number of aliphatic hydroxyl groups excluding tert-OH is 1. The van der Waals surface area contributed by atoms with Crippen LogP contribution >= 0.6 is 0 Å². The van der Waals surface area contributed by atoms with Crippen molar-refractivity contribution in [3.8, 4) is 0 Å². The van der Waals surface area contributed by atoms with Gasteiger partial charge in [0.15, 0.2) is 0 Å². The second-order valence-corrected chi connectivity index (χ2v) is 6.49. The topological polar surface area (TPSA) is 46.5 Å². The van der Waals surface area contributed by atoms with Gasteiger partial charge in [0.1, 0.15) is 6.10 Å². The molecular weight excluding hydrogens is 228 g/mol. The summed E-state index contributed by atoms with van der Waals surface area (Å²) < 4.78 is 5.54. The number of rotatable bonds is 1. The first-order valence-electron chi connectivity index (χ1n) is 7.08. The maximum Gasteiger partial charge on any atom is 0.309 e. The molecule has 0 spiro atoms. The highest BCUT2D eigenvalue weighted by molar-refractivity contribution is 5.75. The van der Waals surface area contributed by atoms with Crippen LogP contribution in [0.4, 0.5) is 0 Å². The summed E-state index contributed by atoms with van der Waals surface area (Å²) in [6, 6.07) is 0. The minimum Gasteiger partial charge on any atom is -0.462 e. The molecule has 1 N–H and O–H groups in total. The second kappa shape index (κ2) is 4.09. The van der Waals surface area contributed by atoms with Crippen molar-refractivity contribution in [3.05, 3.63) is 11.1 Å². The van der Waals surface area contributed by atoms with Crippen molar-refractivity contribution < 1.29 is 14.6 Å². The molecule has 0 aromatic carbocycles. The van der Waals surface area contributed by atoms with Crippen molar-refractivity contribution in [1.82, 2.24) is 0 Å². The number of esters is 1. The predicted molar refractivity (Wildman–Crippen MR) is 67.8 cm³/mol. The summed E-state index contributed by atoms with van der Waals surface area (Å²) in [6.07, 6.45) is 5.36. The van der Waals surface area contributed by atoms with Crippen LogP contribution in [0.5, 0.6) is 0 Å². The molecule has 0 aromatic heterocycles. The number of ether oxygens (including phenoxy) is 1. The molecule has 0 unspecified atom stereocenters. The monoisotopic (exact) mass is 250 g/mol. The molecule has 0 amide bonds. The molecular formula is C15H22O3. The molecule has 18 heavy (non-hydrogen) atoms. The molecule has 1 saturated carbocycles. The maximum atomic E-state index is 11.7. The third-order valence-electron chi connectivity index (χ3n) is 5.40. The van der Waals surface area contributed by atoms with Crippen molar-refractivity contribution in [2.24, 2.45) is 17.3 Å². The number of hydrogen-bond donors (Lipinski definition) is 1. The summed E-state index contributed by atoms with van der Waals surface area (Å²) in [6.45, 7) is 4.45. The van der Waals surface area contributed by atoms with Crippen molar-refractivity contribution in [2.45, 2.75) is 52.1 Å². The van der Waals surface area contributed by atoms with Crippen LogP contribution in [0.2, 0.25) is 0 Å². The zero-order valence-corrected chi connectivity index (χ0v) is 11.2. The zero-order valence-electron chi connectivity index (χ0n) is 11.2. The molecule has 3 nitrogen and oxygen atoms in total. The Morgan fingerprint density at radius 3 is 3.00 bits per heavy atom. The van der Waals surface area contributed by atoms with E-state index in [2.05, 4.69) is 6.92 Å². The third kappa shape index (κ3) is 1.63. The predicted octanol–water partition coefficient (Wildman–Crippen LogP) is 2.44. The number of fused-ring (bicyclic) bond motifs is 2. The molecule has 0 aromatic rings. The minimum absolute atomic E-state index is 0.0221. The Morgan fingerprint density at radius 2 is 2.28 bits per heavy atom. The summed E-state index contributed by atoms with van der Waals surface area (Å²) in [4.78, 5) is 11.7. The van der Waals surface area contributed by atoms with Crippen LogP contribution in [0.1, 0.15) is 46.0 Å². The van der Waals surface area contributed by atoms with Crippen molar-refractivity contribution in [2.75, 3.05) is 6.61 Å². The quantitative estimate of drug-likeness (QED) is 0.574. The molecule has 0 radical (unpaired) electrons. The van der Waals surface area contributed by atoms with Gasteiger partial charge in [0.2, 0.25) is 0 Å². The standard InChI is InChI=1S/C15H22O3/c1-9-11-6-12-10(8-16)4-3-5-15(12,2)7-13(11)18-14(9)17/h9,11,13,16H,3-8H2,1-2H3/t9-,11-,13-,15-/m1/s1. The van der Waals surface area contributed by atoms with Gasteiger partial charge in [0, 0.05) is 5.92 Å². The zero-order chi connectivity index (χ0) is 12.9. The molecule has 1 saturated heterocycles. The van der Waals surface area contributed by atoms with Crippen molar-refractivity contribution in [3.63, 3.8) is 0 Å². The van der Waals surface area contributed by atoms with Gasteiger partial charge < -0.3 is 9.84 Å². The van der Waals surface area contributed by atoms with E-state index in [1.165, 1.54) is 17.6 Å². The van der Waals surface area contributed by atoms with E-state index in [9.17, 15) is 9.90 Å². The second-order valence-electron chi connectivity index (χ2n) is 6.49. The number of carbonyl (C=O) groups excluding carboxylic acids is 1. The van der Waals surface area contributed by atoms with Gasteiger partial charge in [-0.1, -0.05) is 19.4 Å². The Morgan fingerprint density at radius 1 is 1.50 bits per heavy atom. The Hall–Kier alpha value is -0.830. The molecule has 3 heteroatoms. The average Bonchev–Trinajstić information content (AvgIpc) is 2.60. The molecule has 2 aliphatic carbocycles. The lowest BCUT2D eigenvalue weighted by molar-refractivity contribution is -0.144. The van der Waals surface area contributed by atoms with Gasteiger partial charge in [-0.05, 0) is 43.1 Å². The van der Waals surface area contributed by atoms with Gasteiger partial charge in [0.25, 0.3) is 0 Å². The van der Waals surface area contributed by atoms with Crippen LogP contribution in [0.15, 0.2) is 11.1 Å². The minimum atomic E-state index is -0.0293. The highest BCUT2D eigenvalue weighted by Gasteiger charge is 2.51. The highest BCUT2D eigenvalue weighted by Crippen LogP contribution is 2.54. The Labute approximate surface area is 108 Å². The first kappa shape index (κ1) is 12.2. The molecule has 100 valence electrons. The number of aliphatic hydroxyl groups is 1. The lowest BCUT2D eigenvalue weighted by Gasteiger charge is -2.45. The van der Waals surface area contributed by atoms with Gasteiger partial charge in [0.05, 0.1) is 12.5 Å². The summed E-state index contributed by atoms with van der Waals surface area (Å²) in [5.41, 5.74) is 2.82. The van der Waals surface area contributed by atoms with E-state index >= 15 is 0 Å². The molecule has 4 atom stereocenters. The van der Waals surface area contributed by atoms with Crippen molar-refractivity contribution in [1.29, 1.82) is 0 Å². The van der Waals surface area contributed by atoms with E-state index in [1.807, 2.05) is 6.92 Å². The molecule has 1 aliphatic heterocycles. The fraction of sp³-hybridized carbons (Fsp3) is 0.800. The Kier molecular flexibility index (Phi) is 2.77. The average molecular weight is 250 g/mol. The van der Waals surface area contributed by atoms with E-state index in [0.717, 1.165) is 25.7 Å². The lowest BCUT2D eigenvalue weighted by Crippen LogP contribution is -2.39. The van der Waals surface area contributed by atoms with Crippen LogP contribution in [-0.4, -0.2) is 23.8 Å². The van der Waals surface area contributed by atoms with E-state index < -0.39 is 0 Å². The molecule has 1 heterocycles. The van der Waals surface area contributed by atoms with Crippen molar-refractivity contribution >= 4 is 5.97 Å². The van der Waals surface area contributed by atoms with E-state index in [-0.39, 0.29) is 30.0 Å². The van der Waals surface area contributed by atoms with E-state index in [0.29, 0.717) is 5.92 Å². The van der Waals surface area contributed by atoms with E-state index in [1.54, 1.807) is 0 Å². The Balaban J connectivity index is 1.96. The maximum absolute atomic E-state index is 11.7. The fourth-order valence-electron chi connectivity index (χ4n) is 4.23. The van der Waals surface area contributed by atoms with Crippen LogP contribution in [-0.2, 0) is 9.53 Å². The highest BCUT2D eigenvalue weighted by atomic mass is 16.6. The SMILES string of the molecule is C[C@H]1C(=O)O[C@@H]2C[C@@]3(C)CCCC(CO)=C3C[C@@H]21. The van der Waals surface area contributed by atoms with Crippen LogP contribution in [0, 0.1) is 17.3 Å². The number of hydrogen-bond acceptors (Lipinski definition) is 3. The van der Waals surface area contributed by atoms with Gasteiger partial charge in [-0.25, -0.2) is 0 Å². The first-order chi connectivity index (χ1) is 8.55. The molecule has 3 aliphatic rings. The van der Waals surface area contributed by atoms with Gasteiger partial charge in [-0.3, -0.25) is 4.79 Å². The fourth-order valence-corrected chi connectivity index (χ4v) is 4.23. The van der Waals surface area contributed by atoms with Gasteiger partial charge in [-0.15, -0.1) is 0 Å². The Bertz CT molecular complexity index is 412. The third-order valence-corrected chi connectivity index (χ3v) is 5.40. The smallest absolute Gasteiger partial charge is 0.309 e. The van der Waals surface area contributed by atoms with Gasteiger partial charge >= 0.3 is 5.97 Å². The van der Waals surface area contributed by atoms with E-state index in [4.69, 9.17) is 4.74 Å². The number of allylic oxidation sites excluding steroid dienone is 1. The summed E-state index contributed by atoms with van der Waals surface area (Å²) >= 11 is 0. The largest absolute Gasteiger partial charge is 0.462 e. The lowest BCUT2D eigenvalue weighted by atomic mass is 9.59. The molecule has 2 fully saturated rings. The van der Waals surface area contributed by atoms with Crippen LogP contribution < -0.4 is 0 Å². The first-order valence-corrected chi connectivity index (χ1v) is 7.08. The summed E-state index contributed by atoms with van der Waals surface area (Å²) in [5.74, 6) is 0.326. The molecule has 0 bridgehead atoms.